The van der Waals surface area contributed by atoms with Crippen LogP contribution in [0.3, 0.4) is 0 Å². The standard InChI is InChI=1S/C22H27NO5/c1-15-5-3-6-16(2)22(15)28-10-4-7-21(25)23-14-18(24)17-8-9-19-20(13-17)27-12-11-26-19/h3,5-6,8-9,13,18,24H,4,7,10-12,14H2,1-2H3,(H,23,25). The van der Waals surface area contributed by atoms with Gasteiger partial charge in [-0.05, 0) is 49.1 Å². The summed E-state index contributed by atoms with van der Waals surface area (Å²) in [6.07, 6.45) is 0.157. The first kappa shape index (κ1) is 20.0. The summed E-state index contributed by atoms with van der Waals surface area (Å²) in [6, 6.07) is 11.3. The lowest BCUT2D eigenvalue weighted by Gasteiger charge is -2.20. The number of nitrogens with one attached hydrogen (secondary N) is 1. The highest BCUT2D eigenvalue weighted by atomic mass is 16.6. The molecule has 2 aromatic rings. The van der Waals surface area contributed by atoms with Crippen molar-refractivity contribution in [1.82, 2.24) is 5.32 Å². The fraction of sp³-hybridized carbons (Fsp3) is 0.409. The van der Waals surface area contributed by atoms with Crippen LogP contribution in [0.5, 0.6) is 17.2 Å². The van der Waals surface area contributed by atoms with Crippen molar-refractivity contribution in [3.05, 3.63) is 53.1 Å². The van der Waals surface area contributed by atoms with Gasteiger partial charge in [-0.2, -0.15) is 0 Å². The molecule has 0 saturated carbocycles. The Morgan fingerprint density at radius 3 is 2.61 bits per heavy atom. The Labute approximate surface area is 165 Å². The lowest BCUT2D eigenvalue weighted by atomic mass is 10.1. The average molecular weight is 385 g/mol. The van der Waals surface area contributed by atoms with Crippen molar-refractivity contribution in [2.75, 3.05) is 26.4 Å². The lowest BCUT2D eigenvalue weighted by Crippen LogP contribution is -2.28. The zero-order valence-electron chi connectivity index (χ0n) is 16.4. The van der Waals surface area contributed by atoms with Crippen molar-refractivity contribution in [2.24, 2.45) is 0 Å². The second kappa shape index (κ2) is 9.46. The molecule has 0 aromatic heterocycles. The van der Waals surface area contributed by atoms with E-state index in [2.05, 4.69) is 5.32 Å². The van der Waals surface area contributed by atoms with Gasteiger partial charge in [-0.3, -0.25) is 4.79 Å². The molecule has 2 aromatic carbocycles. The summed E-state index contributed by atoms with van der Waals surface area (Å²) in [5, 5.41) is 13.1. The topological polar surface area (TPSA) is 77.0 Å². The van der Waals surface area contributed by atoms with Crippen molar-refractivity contribution in [3.63, 3.8) is 0 Å². The molecular weight excluding hydrogens is 358 g/mol. The van der Waals surface area contributed by atoms with Crippen LogP contribution in [0.1, 0.15) is 35.6 Å². The van der Waals surface area contributed by atoms with Gasteiger partial charge in [0.2, 0.25) is 5.91 Å². The van der Waals surface area contributed by atoms with E-state index in [1.165, 1.54) is 0 Å². The van der Waals surface area contributed by atoms with Crippen LogP contribution in [0.15, 0.2) is 36.4 Å². The molecule has 1 heterocycles. The van der Waals surface area contributed by atoms with Crippen LogP contribution < -0.4 is 19.5 Å². The van der Waals surface area contributed by atoms with Gasteiger partial charge in [-0.25, -0.2) is 0 Å². The van der Waals surface area contributed by atoms with E-state index in [0.717, 1.165) is 16.9 Å². The molecule has 6 heteroatoms. The highest BCUT2D eigenvalue weighted by molar-refractivity contribution is 5.75. The van der Waals surface area contributed by atoms with Crippen LogP contribution in [-0.4, -0.2) is 37.4 Å². The Hall–Kier alpha value is -2.73. The Bertz CT molecular complexity index is 800. The number of fused-ring (bicyclic) bond motifs is 1. The number of hydrogen-bond acceptors (Lipinski definition) is 5. The van der Waals surface area contributed by atoms with Crippen LogP contribution in [0, 0.1) is 13.8 Å². The second-order valence-corrected chi connectivity index (χ2v) is 6.90. The summed E-state index contributed by atoms with van der Waals surface area (Å²) in [6.45, 7) is 5.66. The number of para-hydroxylation sites is 1. The summed E-state index contributed by atoms with van der Waals surface area (Å²) in [5.41, 5.74) is 2.86. The Morgan fingerprint density at radius 2 is 1.86 bits per heavy atom. The Kier molecular flexibility index (Phi) is 6.76. The summed E-state index contributed by atoms with van der Waals surface area (Å²) in [5.74, 6) is 2.08. The van der Waals surface area contributed by atoms with E-state index < -0.39 is 6.10 Å². The van der Waals surface area contributed by atoms with E-state index >= 15 is 0 Å². The number of aliphatic hydroxyl groups excluding tert-OH is 1. The molecule has 150 valence electrons. The number of aliphatic hydroxyl groups is 1. The van der Waals surface area contributed by atoms with Gasteiger partial charge in [0.05, 0.1) is 12.7 Å². The fourth-order valence-electron chi connectivity index (χ4n) is 3.12. The van der Waals surface area contributed by atoms with E-state index in [1.807, 2.05) is 32.0 Å². The molecule has 0 saturated heterocycles. The summed E-state index contributed by atoms with van der Waals surface area (Å²) < 4.78 is 16.8. The molecule has 1 aliphatic rings. The fourth-order valence-corrected chi connectivity index (χ4v) is 3.12. The maximum Gasteiger partial charge on any atom is 0.220 e. The molecule has 3 rings (SSSR count). The van der Waals surface area contributed by atoms with Crippen molar-refractivity contribution < 1.29 is 24.1 Å². The van der Waals surface area contributed by atoms with Gasteiger partial charge in [-0.15, -0.1) is 0 Å². The molecule has 0 aliphatic carbocycles. The minimum Gasteiger partial charge on any atom is -0.493 e. The Morgan fingerprint density at radius 1 is 1.14 bits per heavy atom. The lowest BCUT2D eigenvalue weighted by molar-refractivity contribution is -0.121. The zero-order chi connectivity index (χ0) is 19.9. The van der Waals surface area contributed by atoms with E-state index in [9.17, 15) is 9.90 Å². The number of rotatable bonds is 8. The quantitative estimate of drug-likeness (QED) is 0.683. The maximum absolute atomic E-state index is 12.0. The molecule has 0 fully saturated rings. The Balaban J connectivity index is 1.39. The predicted octanol–water partition coefficient (Wildman–Crippen LogP) is 3.08. The molecule has 6 nitrogen and oxygen atoms in total. The molecule has 1 atom stereocenters. The first-order chi connectivity index (χ1) is 13.5. The number of hydrogen-bond donors (Lipinski definition) is 2. The SMILES string of the molecule is Cc1cccc(C)c1OCCCC(=O)NCC(O)c1ccc2c(c1)OCCO2. The number of carbonyl (C=O) groups excluding carboxylic acids is 1. The summed E-state index contributed by atoms with van der Waals surface area (Å²) in [4.78, 5) is 12.0. The van der Waals surface area contributed by atoms with Crippen LogP contribution in [0.25, 0.3) is 0 Å². The highest BCUT2D eigenvalue weighted by Gasteiger charge is 2.16. The third-order valence-corrected chi connectivity index (χ3v) is 4.65. The van der Waals surface area contributed by atoms with Gasteiger partial charge < -0.3 is 24.6 Å². The molecule has 0 bridgehead atoms. The van der Waals surface area contributed by atoms with Crippen LogP contribution in [0.4, 0.5) is 0 Å². The van der Waals surface area contributed by atoms with Crippen molar-refractivity contribution in [2.45, 2.75) is 32.8 Å². The molecular formula is C22H27NO5. The molecule has 0 radical (unpaired) electrons. The minimum atomic E-state index is -0.800. The van der Waals surface area contributed by atoms with E-state index in [1.54, 1.807) is 18.2 Å². The predicted molar refractivity (Wildman–Crippen MR) is 106 cm³/mol. The van der Waals surface area contributed by atoms with Gasteiger partial charge in [0, 0.05) is 13.0 Å². The smallest absolute Gasteiger partial charge is 0.220 e. The van der Waals surface area contributed by atoms with Crippen LogP contribution in [-0.2, 0) is 4.79 Å². The number of aryl methyl sites for hydroxylation is 2. The summed E-state index contributed by atoms with van der Waals surface area (Å²) >= 11 is 0. The minimum absolute atomic E-state index is 0.110. The zero-order valence-corrected chi connectivity index (χ0v) is 16.4. The first-order valence-corrected chi connectivity index (χ1v) is 9.58. The largest absolute Gasteiger partial charge is 0.493 e. The molecule has 1 unspecified atom stereocenters. The normalized spacial score (nSPS) is 13.7. The van der Waals surface area contributed by atoms with Crippen molar-refractivity contribution >= 4 is 5.91 Å². The van der Waals surface area contributed by atoms with Gasteiger partial charge in [0.25, 0.3) is 0 Å². The van der Waals surface area contributed by atoms with E-state index in [4.69, 9.17) is 14.2 Å². The molecule has 1 aliphatic heterocycles. The van der Waals surface area contributed by atoms with Gasteiger partial charge >= 0.3 is 0 Å². The van der Waals surface area contributed by atoms with Crippen molar-refractivity contribution in [1.29, 1.82) is 0 Å². The van der Waals surface area contributed by atoms with Gasteiger partial charge in [-0.1, -0.05) is 24.3 Å². The molecule has 2 N–H and O–H groups in total. The monoisotopic (exact) mass is 385 g/mol. The number of benzene rings is 2. The maximum atomic E-state index is 12.0. The average Bonchev–Trinajstić information content (AvgIpc) is 2.70. The summed E-state index contributed by atoms with van der Waals surface area (Å²) in [7, 11) is 0. The molecule has 28 heavy (non-hydrogen) atoms. The number of ether oxygens (including phenoxy) is 3. The van der Waals surface area contributed by atoms with Crippen LogP contribution >= 0.6 is 0 Å². The van der Waals surface area contributed by atoms with Gasteiger partial charge in [0.1, 0.15) is 19.0 Å². The van der Waals surface area contributed by atoms with E-state index in [-0.39, 0.29) is 12.5 Å². The third-order valence-electron chi connectivity index (χ3n) is 4.65. The molecule has 0 spiro atoms. The first-order valence-electron chi connectivity index (χ1n) is 9.58. The number of carbonyl (C=O) groups is 1. The third kappa shape index (κ3) is 5.16. The molecule has 1 amide bonds. The number of amides is 1. The van der Waals surface area contributed by atoms with E-state index in [0.29, 0.717) is 49.7 Å². The second-order valence-electron chi connectivity index (χ2n) is 6.90. The van der Waals surface area contributed by atoms with Crippen LogP contribution in [0.2, 0.25) is 0 Å². The van der Waals surface area contributed by atoms with Crippen molar-refractivity contribution in [3.8, 4) is 17.2 Å². The van der Waals surface area contributed by atoms with Gasteiger partial charge in [0.15, 0.2) is 11.5 Å². The highest BCUT2D eigenvalue weighted by Crippen LogP contribution is 2.32.